The second-order valence-corrected chi connectivity index (χ2v) is 15.9. The van der Waals surface area contributed by atoms with Gasteiger partial charge in [0.2, 0.25) is 0 Å². The van der Waals surface area contributed by atoms with Gasteiger partial charge in [-0.2, -0.15) is 0 Å². The van der Waals surface area contributed by atoms with Crippen LogP contribution in [0.2, 0.25) is 0 Å². The van der Waals surface area contributed by atoms with Crippen LogP contribution in [-0.4, -0.2) is 46.8 Å². The molecule has 7 heteroatoms. The van der Waals surface area contributed by atoms with Crippen molar-refractivity contribution >= 4 is 7.82 Å². The third kappa shape index (κ3) is 30.4. The van der Waals surface area contributed by atoms with Crippen LogP contribution in [0.25, 0.3) is 0 Å². The monoisotopic (exact) mass is 749 g/mol. The number of allylic oxidation sites excluding steroid dienone is 12. The van der Waals surface area contributed by atoms with Crippen LogP contribution in [0.15, 0.2) is 94.2 Å². The first-order valence-corrected chi connectivity index (χ1v) is 20.4. The van der Waals surface area contributed by atoms with Crippen LogP contribution >= 0.6 is 7.82 Å². The van der Waals surface area contributed by atoms with Gasteiger partial charge < -0.3 is 9.47 Å². The van der Waals surface area contributed by atoms with E-state index in [1.54, 1.807) is 13.8 Å². The molecule has 0 rings (SSSR count). The maximum absolute atomic E-state index is 12.5. The molecule has 0 amide bonds. The van der Waals surface area contributed by atoms with E-state index in [1.807, 2.05) is 0 Å². The van der Waals surface area contributed by atoms with E-state index in [2.05, 4.69) is 91.2 Å². The molecule has 0 aliphatic heterocycles. The molecule has 6 nitrogen and oxygen atoms in total. The molecule has 0 radical (unpaired) electrons. The molecule has 0 fully saturated rings. The number of hydrogen-bond acceptors (Lipinski definition) is 6. The summed E-state index contributed by atoms with van der Waals surface area (Å²) in [4.78, 5) is 0. The third-order valence-electron chi connectivity index (χ3n) is 8.50. The molecule has 0 aromatic rings. The minimum Gasteiger partial charge on any atom is -0.375 e. The fourth-order valence-corrected chi connectivity index (χ4v) is 5.68. The maximum Gasteiger partial charge on any atom is 0.474 e. The average Bonchev–Trinajstić information content (AvgIpc) is 3.13. The molecule has 0 spiro atoms. The lowest BCUT2D eigenvalue weighted by atomic mass is 10.0. The Hall–Kier alpha value is -2.05. The van der Waals surface area contributed by atoms with Crippen molar-refractivity contribution in [1.29, 1.82) is 0 Å². The van der Waals surface area contributed by atoms with Gasteiger partial charge in [0.25, 0.3) is 0 Å². The molecule has 52 heavy (non-hydrogen) atoms. The van der Waals surface area contributed by atoms with Crippen molar-refractivity contribution in [2.75, 3.05) is 40.6 Å². The molecule has 0 saturated heterocycles. The predicted molar refractivity (Wildman–Crippen MR) is 225 cm³/mol. The standard InChI is InChI=1S/C45H77O6P/c1-37(2)19-13-21-39(5)23-15-25-41(7)27-17-29-43(9)31-33-49-35-45(36-51-52(46,47-11)48-12)50-34-32-44(10)30-18-28-42(8)26-16-24-40(6)22-14-20-38(3)4/h23-24,27-28,31-32,45H,1,3,13-22,25-26,29-30,33-36H2,2,4-12H3/b39-23+,40-24+,41-27+,42-28+,43-31+,44-32+/t45-/m0/s1/i19D2,20D2. The van der Waals surface area contributed by atoms with Crippen LogP contribution < -0.4 is 0 Å². The third-order valence-corrected chi connectivity index (χ3v) is 9.86. The van der Waals surface area contributed by atoms with Crippen LogP contribution in [0.4, 0.5) is 0 Å². The Morgan fingerprint density at radius 3 is 1.33 bits per heavy atom. The van der Waals surface area contributed by atoms with Gasteiger partial charge in [-0.3, -0.25) is 13.6 Å². The second-order valence-electron chi connectivity index (χ2n) is 14.0. The molecule has 0 aromatic heterocycles. The lowest BCUT2D eigenvalue weighted by molar-refractivity contribution is -0.0286. The zero-order valence-electron chi connectivity index (χ0n) is 38.7. The number of phosphoric acid groups is 1. The lowest BCUT2D eigenvalue weighted by Crippen LogP contribution is -2.26. The number of phosphoric ester groups is 1. The molecular formula is C45H77O6P. The Kier molecular flexibility index (Phi) is 25.7. The van der Waals surface area contributed by atoms with Gasteiger partial charge in [0.05, 0.1) is 26.4 Å². The summed E-state index contributed by atoms with van der Waals surface area (Å²) >= 11 is 0. The van der Waals surface area contributed by atoms with Gasteiger partial charge in [0.15, 0.2) is 0 Å². The van der Waals surface area contributed by atoms with Crippen LogP contribution in [0, 0.1) is 0 Å². The first-order valence-electron chi connectivity index (χ1n) is 21.0. The largest absolute Gasteiger partial charge is 0.474 e. The van der Waals surface area contributed by atoms with E-state index in [9.17, 15) is 4.57 Å². The molecule has 0 aromatic carbocycles. The highest BCUT2D eigenvalue weighted by Crippen LogP contribution is 2.47. The van der Waals surface area contributed by atoms with E-state index >= 15 is 0 Å². The van der Waals surface area contributed by atoms with E-state index in [0.717, 1.165) is 64.2 Å². The second kappa shape index (κ2) is 31.3. The van der Waals surface area contributed by atoms with Crippen molar-refractivity contribution in [1.82, 2.24) is 0 Å². The zero-order chi connectivity index (χ0) is 42.8. The SMILES string of the molecule is [2H]C([2H])(CC/C(C)=C/CC/C(C)=C/CC/C(C)=C/COC[C@@H](COP(=O)(OC)OC)OC/C=C(\C)CC/C=C(\C)CC/C=C(\C)CCC([2H])([2H])C(=C)C)C(=C)C. The first-order chi connectivity index (χ1) is 26.2. The van der Waals surface area contributed by atoms with E-state index in [1.165, 1.54) is 47.7 Å². The van der Waals surface area contributed by atoms with Crippen molar-refractivity contribution in [2.45, 2.75) is 151 Å². The molecule has 1 atom stereocenters. The van der Waals surface area contributed by atoms with E-state index < -0.39 is 26.7 Å². The normalized spacial score (nSPS) is 16.3. The minimum atomic E-state index is -3.66. The van der Waals surface area contributed by atoms with Gasteiger partial charge in [-0.15, -0.1) is 13.2 Å². The summed E-state index contributed by atoms with van der Waals surface area (Å²) in [6.07, 6.45) is 20.1. The van der Waals surface area contributed by atoms with E-state index in [4.69, 9.17) is 28.5 Å². The number of hydrogen-bond donors (Lipinski definition) is 0. The average molecular weight is 749 g/mol. The summed E-state index contributed by atoms with van der Waals surface area (Å²) in [5, 5.41) is 0. The highest BCUT2D eigenvalue weighted by molar-refractivity contribution is 7.48. The number of rotatable bonds is 32. The Morgan fingerprint density at radius 2 is 0.942 bits per heavy atom. The fourth-order valence-electron chi connectivity index (χ4n) is 4.97. The van der Waals surface area contributed by atoms with Crippen LogP contribution in [0.3, 0.4) is 0 Å². The molecule has 0 saturated carbocycles. The highest BCUT2D eigenvalue weighted by Gasteiger charge is 2.25. The molecule has 298 valence electrons. The molecule has 0 N–H and O–H groups in total. The molecule has 0 unspecified atom stereocenters. The van der Waals surface area contributed by atoms with Gasteiger partial charge in [0, 0.05) is 19.7 Å². The van der Waals surface area contributed by atoms with Crippen LogP contribution in [0.5, 0.6) is 0 Å². The van der Waals surface area contributed by atoms with Gasteiger partial charge in [-0.25, -0.2) is 4.57 Å². The van der Waals surface area contributed by atoms with E-state index in [-0.39, 0.29) is 13.2 Å². The Balaban J connectivity index is 4.84. The molecule has 0 heterocycles. The molecule has 0 bridgehead atoms. The Bertz CT molecular complexity index is 1410. The number of ether oxygens (including phenoxy) is 2. The Labute approximate surface area is 326 Å². The summed E-state index contributed by atoms with van der Waals surface area (Å²) in [7, 11) is -1.09. The van der Waals surface area contributed by atoms with Gasteiger partial charge in [0.1, 0.15) is 6.10 Å². The van der Waals surface area contributed by atoms with Crippen molar-refractivity contribution in [3.63, 3.8) is 0 Å². The van der Waals surface area contributed by atoms with Crippen LogP contribution in [0.1, 0.15) is 151 Å². The highest BCUT2D eigenvalue weighted by atomic mass is 31.2. The molecule has 0 aliphatic carbocycles. The van der Waals surface area contributed by atoms with Gasteiger partial charge >= 0.3 is 7.82 Å². The van der Waals surface area contributed by atoms with Gasteiger partial charge in [-0.1, -0.05) is 81.0 Å². The summed E-state index contributed by atoms with van der Waals surface area (Å²) in [5.74, 6) is 0. The lowest BCUT2D eigenvalue weighted by Gasteiger charge is -2.20. The van der Waals surface area contributed by atoms with Crippen LogP contribution in [-0.2, 0) is 27.6 Å². The topological polar surface area (TPSA) is 63.2 Å². The quantitative estimate of drug-likeness (QED) is 0.0388. The summed E-state index contributed by atoms with van der Waals surface area (Å²) in [5.41, 5.74) is 8.75. The van der Waals surface area contributed by atoms with Crippen molar-refractivity contribution in [3.05, 3.63) is 94.2 Å². The maximum atomic E-state index is 12.5. The zero-order valence-corrected chi connectivity index (χ0v) is 35.6. The predicted octanol–water partition coefficient (Wildman–Crippen LogP) is 14.1. The minimum absolute atomic E-state index is 0.00605. The fraction of sp³-hybridized carbons (Fsp3) is 0.644. The van der Waals surface area contributed by atoms with Gasteiger partial charge in [-0.05, 0) is 145 Å². The summed E-state index contributed by atoms with van der Waals surface area (Å²) in [6, 6.07) is 0. The molecule has 0 aliphatic rings. The van der Waals surface area contributed by atoms with Crippen molar-refractivity contribution < 1.29 is 33.1 Å². The van der Waals surface area contributed by atoms with E-state index in [0.29, 0.717) is 37.2 Å². The summed E-state index contributed by atoms with van der Waals surface area (Å²) in [6.45, 7) is 24.7. The smallest absolute Gasteiger partial charge is 0.375 e. The first kappa shape index (κ1) is 42.7. The molecular weight excluding hydrogens is 667 g/mol. The van der Waals surface area contributed by atoms with Crippen molar-refractivity contribution in [3.8, 4) is 0 Å². The summed E-state index contributed by atoms with van der Waals surface area (Å²) < 4.78 is 72.0. The van der Waals surface area contributed by atoms with Crippen molar-refractivity contribution in [2.24, 2.45) is 0 Å². The Morgan fingerprint density at radius 1 is 0.577 bits per heavy atom.